The lowest BCUT2D eigenvalue weighted by Gasteiger charge is -2.12. The van der Waals surface area contributed by atoms with E-state index >= 15 is 0 Å². The molecule has 1 fully saturated rings. The Labute approximate surface area is 123 Å². The minimum Gasteiger partial charge on any atom is -0.485 e. The van der Waals surface area contributed by atoms with Gasteiger partial charge in [0.2, 0.25) is 0 Å². The molecule has 0 saturated heterocycles. The number of hydrogen-bond acceptors (Lipinski definition) is 4. The topological polar surface area (TPSA) is 52.0 Å². The molecule has 6 heteroatoms. The van der Waals surface area contributed by atoms with Gasteiger partial charge in [0.25, 0.3) is 0 Å². The molecule has 1 aromatic heterocycles. The van der Waals surface area contributed by atoms with Gasteiger partial charge in [0.15, 0.2) is 5.82 Å². The molecule has 0 atom stereocenters. The first-order valence-electron chi connectivity index (χ1n) is 7.27. The summed E-state index contributed by atoms with van der Waals surface area (Å²) in [5.74, 6) is 1.21. The van der Waals surface area contributed by atoms with Crippen LogP contribution in [0.15, 0.2) is 24.5 Å². The molecule has 1 aliphatic rings. The first kappa shape index (κ1) is 14.0. The summed E-state index contributed by atoms with van der Waals surface area (Å²) in [6.45, 7) is 3.70. The maximum absolute atomic E-state index is 13.4. The summed E-state index contributed by atoms with van der Waals surface area (Å²) >= 11 is 0. The van der Waals surface area contributed by atoms with Crippen LogP contribution in [0.25, 0.3) is 0 Å². The molecule has 3 rings (SSSR count). The quantitative estimate of drug-likeness (QED) is 0.850. The van der Waals surface area contributed by atoms with Crippen molar-refractivity contribution in [3.05, 3.63) is 41.7 Å². The Morgan fingerprint density at radius 3 is 3.05 bits per heavy atom. The van der Waals surface area contributed by atoms with Gasteiger partial charge in [-0.1, -0.05) is 0 Å². The lowest BCUT2D eigenvalue weighted by Crippen LogP contribution is -2.16. The molecule has 0 unspecified atom stereocenters. The number of nitrogens with zero attached hydrogens (tertiary/aromatic N) is 3. The number of benzene rings is 1. The monoisotopic (exact) mass is 290 g/mol. The Morgan fingerprint density at radius 1 is 1.43 bits per heavy atom. The Balaban J connectivity index is 1.68. The highest BCUT2D eigenvalue weighted by Gasteiger charge is 2.20. The fraction of sp³-hybridized carbons (Fsp3) is 0.467. The third kappa shape index (κ3) is 3.58. The molecule has 0 amide bonds. The molecule has 1 N–H and O–H groups in total. The van der Waals surface area contributed by atoms with Gasteiger partial charge in [-0.2, -0.15) is 5.10 Å². The molecule has 1 aliphatic carbocycles. The minimum atomic E-state index is -0.244. The summed E-state index contributed by atoms with van der Waals surface area (Å²) in [5.41, 5.74) is 0.837. The number of halogens is 1. The van der Waals surface area contributed by atoms with Crippen molar-refractivity contribution in [1.29, 1.82) is 0 Å². The van der Waals surface area contributed by atoms with E-state index in [-0.39, 0.29) is 5.82 Å². The van der Waals surface area contributed by atoms with Crippen LogP contribution in [0, 0.1) is 5.82 Å². The highest BCUT2D eigenvalue weighted by molar-refractivity contribution is 5.34. The first-order chi connectivity index (χ1) is 10.3. The van der Waals surface area contributed by atoms with Crippen molar-refractivity contribution in [2.75, 3.05) is 0 Å². The molecule has 0 aliphatic heterocycles. The van der Waals surface area contributed by atoms with E-state index in [1.165, 1.54) is 31.3 Å². The van der Waals surface area contributed by atoms with E-state index in [0.29, 0.717) is 24.9 Å². The van der Waals surface area contributed by atoms with E-state index in [2.05, 4.69) is 15.4 Å². The molecule has 112 valence electrons. The predicted molar refractivity (Wildman–Crippen MR) is 76.3 cm³/mol. The van der Waals surface area contributed by atoms with Gasteiger partial charge >= 0.3 is 0 Å². The van der Waals surface area contributed by atoms with Crippen LogP contribution in [0.5, 0.6) is 5.75 Å². The minimum absolute atomic E-state index is 0.244. The van der Waals surface area contributed by atoms with E-state index in [1.54, 1.807) is 10.7 Å². The van der Waals surface area contributed by atoms with E-state index in [1.807, 2.05) is 6.92 Å². The molecular weight excluding hydrogens is 271 g/mol. The standard InChI is InChI=1S/C15H19FN4O/c1-2-20-15(18-10-19-20)9-21-14-6-3-12(16)7-11(14)8-17-13-4-5-13/h3,6-7,10,13,17H,2,4-5,8-9H2,1H3. The lowest BCUT2D eigenvalue weighted by atomic mass is 10.2. The number of rotatable bonds is 7. The average molecular weight is 290 g/mol. The summed E-state index contributed by atoms with van der Waals surface area (Å²) in [7, 11) is 0. The highest BCUT2D eigenvalue weighted by atomic mass is 19.1. The third-order valence-electron chi connectivity index (χ3n) is 3.53. The zero-order valence-electron chi connectivity index (χ0n) is 12.1. The van der Waals surface area contributed by atoms with Crippen LogP contribution in [0.2, 0.25) is 0 Å². The second kappa shape index (κ2) is 6.22. The van der Waals surface area contributed by atoms with Crippen molar-refractivity contribution in [3.8, 4) is 5.75 Å². The number of aromatic nitrogens is 3. The molecule has 0 spiro atoms. The summed E-state index contributed by atoms with van der Waals surface area (Å²) in [5, 5.41) is 7.48. The van der Waals surface area contributed by atoms with Crippen LogP contribution >= 0.6 is 0 Å². The zero-order chi connectivity index (χ0) is 14.7. The lowest BCUT2D eigenvalue weighted by molar-refractivity contribution is 0.283. The van der Waals surface area contributed by atoms with Crippen molar-refractivity contribution in [2.45, 2.75) is 45.5 Å². The second-order valence-electron chi connectivity index (χ2n) is 5.19. The van der Waals surface area contributed by atoms with Crippen LogP contribution in [-0.4, -0.2) is 20.8 Å². The first-order valence-corrected chi connectivity index (χ1v) is 7.27. The van der Waals surface area contributed by atoms with Gasteiger partial charge in [-0.3, -0.25) is 0 Å². The van der Waals surface area contributed by atoms with Gasteiger partial charge < -0.3 is 10.1 Å². The van der Waals surface area contributed by atoms with Gasteiger partial charge in [-0.15, -0.1) is 0 Å². The van der Waals surface area contributed by atoms with Crippen molar-refractivity contribution in [2.24, 2.45) is 0 Å². The molecule has 5 nitrogen and oxygen atoms in total. The fourth-order valence-corrected chi connectivity index (χ4v) is 2.18. The normalized spacial score (nSPS) is 14.4. The smallest absolute Gasteiger partial charge is 0.164 e. The largest absolute Gasteiger partial charge is 0.485 e. The SMILES string of the molecule is CCn1ncnc1COc1ccc(F)cc1CNC1CC1. The molecule has 2 aromatic rings. The molecule has 1 aromatic carbocycles. The molecular formula is C15H19FN4O. The zero-order valence-corrected chi connectivity index (χ0v) is 12.1. The van der Waals surface area contributed by atoms with Gasteiger partial charge in [0.05, 0.1) is 0 Å². The van der Waals surface area contributed by atoms with Crippen LogP contribution in [0.3, 0.4) is 0 Å². The summed E-state index contributed by atoms with van der Waals surface area (Å²) in [4.78, 5) is 4.17. The number of ether oxygens (including phenoxy) is 1. The van der Waals surface area contributed by atoms with E-state index in [9.17, 15) is 4.39 Å². The Hall–Kier alpha value is -1.95. The van der Waals surface area contributed by atoms with Crippen molar-refractivity contribution < 1.29 is 9.13 Å². The maximum atomic E-state index is 13.4. The van der Waals surface area contributed by atoms with Crippen LogP contribution in [0.1, 0.15) is 31.2 Å². The van der Waals surface area contributed by atoms with Gasteiger partial charge in [-0.25, -0.2) is 14.1 Å². The number of nitrogens with one attached hydrogen (secondary N) is 1. The summed E-state index contributed by atoms with van der Waals surface area (Å²) < 4.78 is 21.0. The molecule has 0 radical (unpaired) electrons. The molecule has 1 heterocycles. The van der Waals surface area contributed by atoms with Gasteiger partial charge in [0.1, 0.15) is 24.5 Å². The van der Waals surface area contributed by atoms with E-state index < -0.39 is 0 Å². The van der Waals surface area contributed by atoms with Crippen molar-refractivity contribution in [1.82, 2.24) is 20.1 Å². The Kier molecular flexibility index (Phi) is 4.15. The van der Waals surface area contributed by atoms with Crippen molar-refractivity contribution in [3.63, 3.8) is 0 Å². The fourth-order valence-electron chi connectivity index (χ4n) is 2.18. The van der Waals surface area contributed by atoms with E-state index in [4.69, 9.17) is 4.74 Å². The molecule has 21 heavy (non-hydrogen) atoms. The predicted octanol–water partition coefficient (Wildman–Crippen LogP) is 2.27. The molecule has 1 saturated carbocycles. The van der Waals surface area contributed by atoms with Crippen LogP contribution < -0.4 is 10.1 Å². The van der Waals surface area contributed by atoms with E-state index in [0.717, 1.165) is 17.9 Å². The summed E-state index contributed by atoms with van der Waals surface area (Å²) in [6.07, 6.45) is 3.92. The second-order valence-corrected chi connectivity index (χ2v) is 5.19. The van der Waals surface area contributed by atoms with Crippen LogP contribution in [0.4, 0.5) is 4.39 Å². The van der Waals surface area contributed by atoms with Crippen LogP contribution in [-0.2, 0) is 19.7 Å². The Bertz CT molecular complexity index is 609. The Morgan fingerprint density at radius 2 is 2.29 bits per heavy atom. The molecule has 0 bridgehead atoms. The van der Waals surface area contributed by atoms with Crippen molar-refractivity contribution >= 4 is 0 Å². The van der Waals surface area contributed by atoms with Gasteiger partial charge in [-0.05, 0) is 38.0 Å². The third-order valence-corrected chi connectivity index (χ3v) is 3.53. The maximum Gasteiger partial charge on any atom is 0.164 e. The number of hydrogen-bond donors (Lipinski definition) is 1. The number of aryl methyl sites for hydroxylation is 1. The average Bonchev–Trinajstić information content (AvgIpc) is 3.21. The summed E-state index contributed by atoms with van der Waals surface area (Å²) in [6, 6.07) is 5.19. The van der Waals surface area contributed by atoms with Gasteiger partial charge in [0, 0.05) is 24.7 Å². The highest BCUT2D eigenvalue weighted by Crippen LogP contribution is 2.24.